The standard InChI is InChI=1S/C14H21ClN2O4S.ClH/c1-2-3-4-10(9-16)17-22(18,19)14-8-13-12(7-11(14)15)20-5-6-21-13;/h7-8,10,17H,2-6,9,16H2,1H3;1H. The molecule has 1 aromatic rings. The minimum Gasteiger partial charge on any atom is -0.486 e. The molecule has 1 unspecified atom stereocenters. The van der Waals surface area contributed by atoms with Crippen molar-refractivity contribution in [3.05, 3.63) is 17.2 Å². The van der Waals surface area contributed by atoms with E-state index in [2.05, 4.69) is 4.72 Å². The van der Waals surface area contributed by atoms with Gasteiger partial charge in [-0.1, -0.05) is 31.4 Å². The molecule has 0 saturated heterocycles. The van der Waals surface area contributed by atoms with Crippen molar-refractivity contribution < 1.29 is 17.9 Å². The highest BCUT2D eigenvalue weighted by Gasteiger charge is 2.25. The highest BCUT2D eigenvalue weighted by Crippen LogP contribution is 2.37. The van der Waals surface area contributed by atoms with Crippen molar-refractivity contribution in [3.8, 4) is 11.5 Å². The number of benzene rings is 1. The predicted octanol–water partition coefficient (Wildman–Crippen LogP) is 2.33. The fraction of sp³-hybridized carbons (Fsp3) is 0.571. The Balaban J connectivity index is 0.00000264. The summed E-state index contributed by atoms with van der Waals surface area (Å²) in [6.07, 6.45) is 2.57. The summed E-state index contributed by atoms with van der Waals surface area (Å²) in [5, 5.41) is 0.100. The van der Waals surface area contributed by atoms with E-state index >= 15 is 0 Å². The van der Waals surface area contributed by atoms with Crippen LogP contribution in [0, 0.1) is 0 Å². The first-order valence-electron chi connectivity index (χ1n) is 7.29. The van der Waals surface area contributed by atoms with Crippen molar-refractivity contribution in [2.24, 2.45) is 5.73 Å². The lowest BCUT2D eigenvalue weighted by Gasteiger charge is -2.21. The van der Waals surface area contributed by atoms with Gasteiger partial charge in [0.1, 0.15) is 18.1 Å². The molecule has 0 spiro atoms. The van der Waals surface area contributed by atoms with Crippen LogP contribution in [0.15, 0.2) is 17.0 Å². The molecule has 0 bridgehead atoms. The molecule has 0 aromatic heterocycles. The van der Waals surface area contributed by atoms with Crippen molar-refractivity contribution in [3.63, 3.8) is 0 Å². The zero-order valence-corrected chi connectivity index (χ0v) is 15.3. The molecule has 0 saturated carbocycles. The summed E-state index contributed by atoms with van der Waals surface area (Å²) in [6.45, 7) is 3.07. The fourth-order valence-corrected chi connectivity index (χ4v) is 4.03. The Hall–Kier alpha value is -0.730. The third-order valence-corrected chi connectivity index (χ3v) is 5.38. The van der Waals surface area contributed by atoms with Gasteiger partial charge in [-0.25, -0.2) is 13.1 Å². The van der Waals surface area contributed by atoms with Crippen molar-refractivity contribution in [1.29, 1.82) is 0 Å². The maximum atomic E-state index is 12.5. The molecule has 132 valence electrons. The molecule has 1 aliphatic rings. The summed E-state index contributed by atoms with van der Waals surface area (Å²) in [4.78, 5) is -0.0200. The predicted molar refractivity (Wildman–Crippen MR) is 92.4 cm³/mol. The van der Waals surface area contributed by atoms with E-state index in [1.54, 1.807) is 0 Å². The van der Waals surface area contributed by atoms with Gasteiger partial charge < -0.3 is 15.2 Å². The van der Waals surface area contributed by atoms with Crippen LogP contribution in [0.3, 0.4) is 0 Å². The number of sulfonamides is 1. The first kappa shape index (κ1) is 20.3. The highest BCUT2D eigenvalue weighted by molar-refractivity contribution is 7.89. The number of rotatable bonds is 7. The highest BCUT2D eigenvalue weighted by atomic mass is 35.5. The Bertz CT molecular complexity index is 625. The van der Waals surface area contributed by atoms with Gasteiger partial charge in [-0.3, -0.25) is 0 Å². The second-order valence-electron chi connectivity index (χ2n) is 5.12. The van der Waals surface area contributed by atoms with Crippen LogP contribution in [0.2, 0.25) is 5.02 Å². The van der Waals surface area contributed by atoms with Gasteiger partial charge in [0, 0.05) is 24.7 Å². The molecule has 1 aliphatic heterocycles. The van der Waals surface area contributed by atoms with Crippen LogP contribution in [-0.2, 0) is 10.0 Å². The number of nitrogens with one attached hydrogen (secondary N) is 1. The summed E-state index contributed by atoms with van der Waals surface area (Å²) in [5.74, 6) is 0.838. The monoisotopic (exact) mass is 384 g/mol. The van der Waals surface area contributed by atoms with Crippen molar-refractivity contribution >= 4 is 34.0 Å². The topological polar surface area (TPSA) is 90.7 Å². The molecular weight excluding hydrogens is 363 g/mol. The number of hydrogen-bond donors (Lipinski definition) is 2. The summed E-state index contributed by atoms with van der Waals surface area (Å²) >= 11 is 6.09. The molecule has 6 nitrogen and oxygen atoms in total. The van der Waals surface area contributed by atoms with Gasteiger partial charge in [-0.05, 0) is 6.42 Å². The van der Waals surface area contributed by atoms with Gasteiger partial charge in [0.25, 0.3) is 0 Å². The maximum Gasteiger partial charge on any atom is 0.242 e. The smallest absolute Gasteiger partial charge is 0.242 e. The number of halogens is 2. The summed E-state index contributed by atoms with van der Waals surface area (Å²) in [5.41, 5.74) is 5.64. The van der Waals surface area contributed by atoms with Crippen LogP contribution in [0.1, 0.15) is 26.2 Å². The van der Waals surface area contributed by atoms with Crippen LogP contribution in [0.5, 0.6) is 11.5 Å². The second kappa shape index (κ2) is 8.94. The van der Waals surface area contributed by atoms with Gasteiger partial charge in [0.2, 0.25) is 10.0 Å². The van der Waals surface area contributed by atoms with Crippen LogP contribution >= 0.6 is 24.0 Å². The number of fused-ring (bicyclic) bond motifs is 1. The van der Waals surface area contributed by atoms with Gasteiger partial charge in [0.05, 0.1) is 5.02 Å². The summed E-state index contributed by atoms with van der Waals surface area (Å²) in [7, 11) is -3.76. The summed E-state index contributed by atoms with van der Waals surface area (Å²) in [6, 6.07) is 2.55. The molecule has 0 fully saturated rings. The molecule has 9 heteroatoms. The maximum absolute atomic E-state index is 12.5. The van der Waals surface area contributed by atoms with Gasteiger partial charge in [-0.2, -0.15) is 0 Å². The van der Waals surface area contributed by atoms with E-state index < -0.39 is 10.0 Å². The molecule has 2 rings (SSSR count). The zero-order valence-electron chi connectivity index (χ0n) is 12.9. The van der Waals surface area contributed by atoms with Crippen molar-refractivity contribution in [1.82, 2.24) is 4.72 Å². The van der Waals surface area contributed by atoms with Gasteiger partial charge >= 0.3 is 0 Å². The van der Waals surface area contributed by atoms with E-state index in [-0.39, 0.29) is 34.9 Å². The minimum atomic E-state index is -3.76. The van der Waals surface area contributed by atoms with E-state index in [1.807, 2.05) is 6.92 Å². The zero-order chi connectivity index (χ0) is 16.2. The number of hydrogen-bond acceptors (Lipinski definition) is 5. The SMILES string of the molecule is CCCCC(CN)NS(=O)(=O)c1cc2c(cc1Cl)OCCO2.Cl. The lowest BCUT2D eigenvalue weighted by atomic mass is 10.1. The van der Waals surface area contributed by atoms with E-state index in [0.29, 0.717) is 31.1 Å². The van der Waals surface area contributed by atoms with E-state index in [4.69, 9.17) is 26.8 Å². The normalized spacial score (nSPS) is 14.9. The van der Waals surface area contributed by atoms with E-state index in [0.717, 1.165) is 12.8 Å². The number of ether oxygens (including phenoxy) is 2. The van der Waals surface area contributed by atoms with E-state index in [1.165, 1.54) is 12.1 Å². The van der Waals surface area contributed by atoms with Crippen LogP contribution in [-0.4, -0.2) is 34.2 Å². The third kappa shape index (κ3) is 5.12. The quantitative estimate of drug-likeness (QED) is 0.752. The second-order valence-corrected chi connectivity index (χ2v) is 7.21. The molecule has 1 heterocycles. The minimum absolute atomic E-state index is 0. The van der Waals surface area contributed by atoms with Crippen LogP contribution < -0.4 is 19.9 Å². The molecule has 0 aliphatic carbocycles. The molecule has 1 aromatic carbocycles. The van der Waals surface area contributed by atoms with Crippen LogP contribution in [0.4, 0.5) is 0 Å². The Labute approximate surface area is 148 Å². The summed E-state index contributed by atoms with van der Waals surface area (Å²) < 4.78 is 38.4. The molecule has 0 amide bonds. The van der Waals surface area contributed by atoms with E-state index in [9.17, 15) is 8.42 Å². The first-order valence-corrected chi connectivity index (χ1v) is 9.15. The average Bonchev–Trinajstić information content (AvgIpc) is 2.50. The first-order chi connectivity index (χ1) is 10.5. The molecule has 1 atom stereocenters. The Morgan fingerprint density at radius 3 is 2.48 bits per heavy atom. The van der Waals surface area contributed by atoms with Crippen molar-refractivity contribution in [2.45, 2.75) is 37.1 Å². The Kier molecular flexibility index (Phi) is 7.89. The number of nitrogens with two attached hydrogens (primary N) is 1. The fourth-order valence-electron chi connectivity index (χ4n) is 2.21. The molecule has 3 N–H and O–H groups in total. The molecular formula is C14H22Cl2N2O4S. The molecule has 0 radical (unpaired) electrons. The lowest BCUT2D eigenvalue weighted by molar-refractivity contribution is 0.171. The average molecular weight is 385 g/mol. The van der Waals surface area contributed by atoms with Crippen molar-refractivity contribution in [2.75, 3.05) is 19.8 Å². The van der Waals surface area contributed by atoms with Gasteiger partial charge in [0.15, 0.2) is 11.5 Å². The molecule has 23 heavy (non-hydrogen) atoms. The van der Waals surface area contributed by atoms with Crippen LogP contribution in [0.25, 0.3) is 0 Å². The van der Waals surface area contributed by atoms with Gasteiger partial charge in [-0.15, -0.1) is 12.4 Å². The lowest BCUT2D eigenvalue weighted by Crippen LogP contribution is -2.40. The number of unbranched alkanes of at least 4 members (excludes halogenated alkanes) is 1. The Morgan fingerprint density at radius 2 is 1.91 bits per heavy atom. The largest absolute Gasteiger partial charge is 0.486 e. The Morgan fingerprint density at radius 1 is 1.30 bits per heavy atom. The third-order valence-electron chi connectivity index (χ3n) is 3.40.